The predicted octanol–water partition coefficient (Wildman–Crippen LogP) is 3.18. The van der Waals surface area contributed by atoms with Crippen LogP contribution in [0.1, 0.15) is 22.0 Å². The van der Waals surface area contributed by atoms with E-state index in [4.69, 9.17) is 0 Å². The van der Waals surface area contributed by atoms with Gasteiger partial charge in [-0.05, 0) is 54.1 Å². The molecule has 0 radical (unpaired) electrons. The summed E-state index contributed by atoms with van der Waals surface area (Å²) >= 11 is 1.87. The Balaban J connectivity index is 0.00000144. The van der Waals surface area contributed by atoms with Crippen LogP contribution in [0.2, 0.25) is 0 Å². The number of nitrogens with one attached hydrogen (secondary N) is 1. The molecule has 0 saturated carbocycles. The Morgan fingerprint density at radius 3 is 2.68 bits per heavy atom. The summed E-state index contributed by atoms with van der Waals surface area (Å²) in [6.45, 7) is 1.07. The van der Waals surface area contributed by atoms with Crippen LogP contribution < -0.4 is 5.32 Å². The quantitative estimate of drug-likeness (QED) is 0.801. The molecular weight excluding hydrogens is 316 g/mol. The van der Waals surface area contributed by atoms with Crippen molar-refractivity contribution >= 4 is 23.7 Å². The Labute approximate surface area is 139 Å². The number of rotatable bonds is 3. The van der Waals surface area contributed by atoms with E-state index in [1.165, 1.54) is 16.0 Å². The van der Waals surface area contributed by atoms with Gasteiger partial charge >= 0.3 is 0 Å². The number of fused-ring (bicyclic) bond motifs is 1. The van der Waals surface area contributed by atoms with Crippen LogP contribution in [0.15, 0.2) is 48.1 Å². The van der Waals surface area contributed by atoms with Crippen molar-refractivity contribution in [2.45, 2.75) is 18.9 Å². The molecule has 0 spiro atoms. The zero-order chi connectivity index (χ0) is 14.1. The molecule has 6 heteroatoms. The highest BCUT2D eigenvalue weighted by atomic mass is 35.5. The Kier molecular flexibility index (Phi) is 4.57. The molecule has 1 aliphatic rings. The largest absolute Gasteiger partial charge is 0.309 e. The van der Waals surface area contributed by atoms with Crippen LogP contribution in [-0.4, -0.2) is 21.5 Å². The number of benzene rings is 1. The highest BCUT2D eigenvalue weighted by Crippen LogP contribution is 2.30. The summed E-state index contributed by atoms with van der Waals surface area (Å²) in [4.78, 5) is 3.14. The maximum atomic E-state index is 4.15. The molecule has 1 aliphatic heterocycles. The number of nitrogens with zero attached hydrogens (tertiary/aromatic N) is 3. The smallest absolute Gasteiger partial charge is 0.0856 e. The lowest BCUT2D eigenvalue weighted by Crippen LogP contribution is -2.29. The van der Waals surface area contributed by atoms with Gasteiger partial charge in [0.25, 0.3) is 0 Å². The third-order valence-corrected chi connectivity index (χ3v) is 4.98. The number of halogens is 1. The molecule has 0 saturated heterocycles. The van der Waals surface area contributed by atoms with Crippen molar-refractivity contribution in [3.8, 4) is 5.69 Å². The first-order chi connectivity index (χ1) is 10.4. The van der Waals surface area contributed by atoms with Crippen LogP contribution in [0, 0.1) is 0 Å². The maximum absolute atomic E-state index is 4.15. The molecule has 1 N–H and O–H groups in total. The van der Waals surface area contributed by atoms with E-state index in [9.17, 15) is 0 Å². The van der Waals surface area contributed by atoms with Gasteiger partial charge in [0.1, 0.15) is 0 Å². The summed E-state index contributed by atoms with van der Waals surface area (Å²) in [5.41, 5.74) is 3.85. The fourth-order valence-corrected chi connectivity index (χ4v) is 3.88. The van der Waals surface area contributed by atoms with Gasteiger partial charge in [0.2, 0.25) is 0 Å². The standard InChI is InChI=1S/C16H16N4S.ClH/c1-3-14(20-18-8-9-19-20)4-2-12(1)11-15-16-13(5-7-17-15)6-10-21-16;/h1-4,6,8-10,15,17H,5,7,11H2;1H. The summed E-state index contributed by atoms with van der Waals surface area (Å²) in [5, 5.41) is 14.1. The van der Waals surface area contributed by atoms with Crippen LogP contribution >= 0.6 is 23.7 Å². The van der Waals surface area contributed by atoms with Gasteiger partial charge in [-0.2, -0.15) is 15.0 Å². The van der Waals surface area contributed by atoms with Crippen LogP contribution in [0.25, 0.3) is 5.69 Å². The minimum atomic E-state index is 0. The van der Waals surface area contributed by atoms with Crippen LogP contribution in [0.4, 0.5) is 0 Å². The Morgan fingerprint density at radius 1 is 1.14 bits per heavy atom. The Bertz CT molecular complexity index is 721. The summed E-state index contributed by atoms with van der Waals surface area (Å²) in [7, 11) is 0. The highest BCUT2D eigenvalue weighted by molar-refractivity contribution is 7.10. The lowest BCUT2D eigenvalue weighted by Gasteiger charge is -2.24. The molecule has 1 unspecified atom stereocenters. The van der Waals surface area contributed by atoms with E-state index in [0.717, 1.165) is 25.1 Å². The summed E-state index contributed by atoms with van der Waals surface area (Å²) in [5.74, 6) is 0. The summed E-state index contributed by atoms with van der Waals surface area (Å²) < 4.78 is 0. The Morgan fingerprint density at radius 2 is 1.91 bits per heavy atom. The molecule has 0 bridgehead atoms. The van der Waals surface area contributed by atoms with Gasteiger partial charge in [-0.3, -0.25) is 0 Å². The molecule has 0 aliphatic carbocycles. The minimum Gasteiger partial charge on any atom is -0.309 e. The number of hydrogen-bond acceptors (Lipinski definition) is 4. The lowest BCUT2D eigenvalue weighted by atomic mass is 9.98. The second kappa shape index (κ2) is 6.60. The molecule has 1 atom stereocenters. The van der Waals surface area contributed by atoms with Crippen molar-refractivity contribution in [1.82, 2.24) is 20.3 Å². The summed E-state index contributed by atoms with van der Waals surface area (Å²) in [6.07, 6.45) is 5.57. The molecular formula is C16H17ClN4S. The van der Waals surface area contributed by atoms with E-state index in [0.29, 0.717) is 6.04 Å². The highest BCUT2D eigenvalue weighted by Gasteiger charge is 2.20. The second-order valence-electron chi connectivity index (χ2n) is 5.26. The minimum absolute atomic E-state index is 0. The van der Waals surface area contributed by atoms with E-state index >= 15 is 0 Å². The molecule has 0 fully saturated rings. The van der Waals surface area contributed by atoms with E-state index in [2.05, 4.69) is 51.2 Å². The van der Waals surface area contributed by atoms with Crippen molar-refractivity contribution in [1.29, 1.82) is 0 Å². The average molecular weight is 333 g/mol. The number of aromatic nitrogens is 3. The third-order valence-electron chi connectivity index (χ3n) is 3.91. The zero-order valence-corrected chi connectivity index (χ0v) is 13.6. The normalized spacial score (nSPS) is 16.8. The fourth-order valence-electron chi connectivity index (χ4n) is 2.85. The maximum Gasteiger partial charge on any atom is 0.0856 e. The van der Waals surface area contributed by atoms with Crippen LogP contribution in [-0.2, 0) is 12.8 Å². The van der Waals surface area contributed by atoms with E-state index in [1.807, 2.05) is 11.3 Å². The van der Waals surface area contributed by atoms with Gasteiger partial charge in [-0.15, -0.1) is 23.7 Å². The number of hydrogen-bond donors (Lipinski definition) is 1. The van der Waals surface area contributed by atoms with E-state index in [1.54, 1.807) is 17.2 Å². The van der Waals surface area contributed by atoms with Gasteiger partial charge in [-0.1, -0.05) is 12.1 Å². The number of thiophene rings is 1. The van der Waals surface area contributed by atoms with Crippen molar-refractivity contribution in [2.24, 2.45) is 0 Å². The molecule has 3 aromatic rings. The monoisotopic (exact) mass is 332 g/mol. The lowest BCUT2D eigenvalue weighted by molar-refractivity contribution is 0.512. The molecule has 3 heterocycles. The van der Waals surface area contributed by atoms with E-state index in [-0.39, 0.29) is 12.4 Å². The van der Waals surface area contributed by atoms with Crippen molar-refractivity contribution in [3.63, 3.8) is 0 Å². The molecule has 4 nitrogen and oxygen atoms in total. The zero-order valence-electron chi connectivity index (χ0n) is 12.0. The summed E-state index contributed by atoms with van der Waals surface area (Å²) in [6, 6.07) is 11.2. The second-order valence-corrected chi connectivity index (χ2v) is 6.20. The molecule has 4 rings (SSSR count). The third kappa shape index (κ3) is 2.92. The van der Waals surface area contributed by atoms with Crippen LogP contribution in [0.3, 0.4) is 0 Å². The van der Waals surface area contributed by atoms with Gasteiger partial charge in [0.15, 0.2) is 0 Å². The topological polar surface area (TPSA) is 42.7 Å². The molecule has 1 aromatic carbocycles. The van der Waals surface area contributed by atoms with Crippen LogP contribution in [0.5, 0.6) is 0 Å². The van der Waals surface area contributed by atoms with Crippen molar-refractivity contribution in [2.75, 3.05) is 6.54 Å². The van der Waals surface area contributed by atoms with Gasteiger partial charge < -0.3 is 5.32 Å². The Hall–Kier alpha value is -1.69. The molecule has 2 aromatic heterocycles. The van der Waals surface area contributed by atoms with Gasteiger partial charge in [0.05, 0.1) is 18.1 Å². The first-order valence-electron chi connectivity index (χ1n) is 7.15. The van der Waals surface area contributed by atoms with E-state index < -0.39 is 0 Å². The molecule has 0 amide bonds. The van der Waals surface area contributed by atoms with Gasteiger partial charge in [0, 0.05) is 10.9 Å². The first-order valence-corrected chi connectivity index (χ1v) is 8.03. The molecule has 114 valence electrons. The average Bonchev–Trinajstić information content (AvgIpc) is 3.20. The van der Waals surface area contributed by atoms with Gasteiger partial charge in [-0.25, -0.2) is 0 Å². The van der Waals surface area contributed by atoms with Crippen molar-refractivity contribution in [3.05, 3.63) is 64.1 Å². The first kappa shape index (κ1) is 15.2. The SMILES string of the molecule is Cl.c1cnn(-c2ccc(CC3NCCc4ccsc43)cc2)n1. The van der Waals surface area contributed by atoms with Crippen molar-refractivity contribution < 1.29 is 0 Å². The predicted molar refractivity (Wildman–Crippen MR) is 91.1 cm³/mol. The fraction of sp³-hybridized carbons (Fsp3) is 0.250. The molecule has 22 heavy (non-hydrogen) atoms.